The second-order valence-electron chi connectivity index (χ2n) is 10.8. The lowest BCUT2D eigenvalue weighted by molar-refractivity contribution is -0.123. The van der Waals surface area contributed by atoms with Gasteiger partial charge in [0, 0.05) is 55.5 Å². The Balaban J connectivity index is 1.02. The van der Waals surface area contributed by atoms with E-state index < -0.39 is 0 Å². The molecule has 0 bridgehead atoms. The molecule has 1 saturated heterocycles. The van der Waals surface area contributed by atoms with Crippen LogP contribution in [0.2, 0.25) is 5.02 Å². The molecule has 0 spiro atoms. The van der Waals surface area contributed by atoms with Crippen LogP contribution in [0, 0.1) is 0 Å². The molecule has 0 atom stereocenters. The number of aromatic nitrogens is 2. The van der Waals surface area contributed by atoms with Crippen molar-refractivity contribution in [3.8, 4) is 22.8 Å². The summed E-state index contributed by atoms with van der Waals surface area (Å²) in [6.45, 7) is 2.91. The van der Waals surface area contributed by atoms with E-state index in [0.29, 0.717) is 61.8 Å². The molecule has 5 rings (SSSR count). The fourth-order valence-corrected chi connectivity index (χ4v) is 5.52. The van der Waals surface area contributed by atoms with Crippen LogP contribution in [0.25, 0.3) is 11.3 Å². The van der Waals surface area contributed by atoms with Gasteiger partial charge in [0.25, 0.3) is 0 Å². The molecule has 12 nitrogen and oxygen atoms in total. The SMILES string of the molecule is COc1ccc(C(=O)/C=C/C(=O)NC2CC(NC(=O)CN3CCN(c4cc(-c5ccccc5O)nnc4N)CC3)C2)c(Cl)c1. The maximum atomic E-state index is 12.7. The summed E-state index contributed by atoms with van der Waals surface area (Å²) in [6, 6.07) is 13.4. The number of para-hydroxylation sites is 1. The van der Waals surface area contributed by atoms with Crippen LogP contribution >= 0.6 is 11.6 Å². The molecule has 13 heteroatoms. The zero-order valence-electron chi connectivity index (χ0n) is 24.2. The molecular formula is C31H34ClN7O5. The lowest BCUT2D eigenvalue weighted by Crippen LogP contribution is -2.56. The first-order chi connectivity index (χ1) is 21.2. The number of piperazine rings is 1. The van der Waals surface area contributed by atoms with Gasteiger partial charge in [-0.25, -0.2) is 0 Å². The van der Waals surface area contributed by atoms with Crippen molar-refractivity contribution in [3.05, 3.63) is 71.3 Å². The molecule has 0 unspecified atom stereocenters. The fraction of sp³-hybridized carbons (Fsp3) is 0.323. The quantitative estimate of drug-likeness (QED) is 0.196. The third-order valence-corrected chi connectivity index (χ3v) is 8.05. The van der Waals surface area contributed by atoms with Crippen molar-refractivity contribution in [2.45, 2.75) is 24.9 Å². The number of hydrogen-bond donors (Lipinski definition) is 4. The molecule has 2 amide bonds. The highest BCUT2D eigenvalue weighted by Gasteiger charge is 2.31. The van der Waals surface area contributed by atoms with Crippen LogP contribution < -0.4 is 26.0 Å². The Morgan fingerprint density at radius 3 is 2.45 bits per heavy atom. The summed E-state index contributed by atoms with van der Waals surface area (Å²) in [7, 11) is 1.51. The van der Waals surface area contributed by atoms with Crippen molar-refractivity contribution >= 4 is 40.7 Å². The number of carbonyl (C=O) groups excluding carboxylic acids is 3. The number of benzene rings is 2. The van der Waals surface area contributed by atoms with Crippen molar-refractivity contribution in [1.29, 1.82) is 0 Å². The number of amides is 2. The zero-order valence-corrected chi connectivity index (χ0v) is 25.0. The number of hydrogen-bond acceptors (Lipinski definition) is 10. The number of phenols is 1. The number of methoxy groups -OCH3 is 1. The molecule has 1 aliphatic heterocycles. The van der Waals surface area contributed by atoms with Crippen LogP contribution in [0.3, 0.4) is 0 Å². The Morgan fingerprint density at radius 1 is 1.02 bits per heavy atom. The van der Waals surface area contributed by atoms with Gasteiger partial charge in [-0.1, -0.05) is 23.7 Å². The number of nitrogens with one attached hydrogen (secondary N) is 2. The Bertz CT molecular complexity index is 1570. The second-order valence-corrected chi connectivity index (χ2v) is 11.2. The predicted molar refractivity (Wildman–Crippen MR) is 167 cm³/mol. The first-order valence-corrected chi connectivity index (χ1v) is 14.6. The van der Waals surface area contributed by atoms with E-state index in [1.807, 2.05) is 12.1 Å². The molecule has 1 aliphatic carbocycles. The van der Waals surface area contributed by atoms with Gasteiger partial charge in [0.15, 0.2) is 11.6 Å². The van der Waals surface area contributed by atoms with E-state index in [1.165, 1.54) is 25.3 Å². The molecule has 230 valence electrons. The summed E-state index contributed by atoms with van der Waals surface area (Å²) in [5.74, 6) is 0.132. The van der Waals surface area contributed by atoms with Crippen molar-refractivity contribution in [2.24, 2.45) is 0 Å². The van der Waals surface area contributed by atoms with E-state index >= 15 is 0 Å². The highest BCUT2D eigenvalue weighted by Crippen LogP contribution is 2.31. The predicted octanol–water partition coefficient (Wildman–Crippen LogP) is 2.42. The third-order valence-electron chi connectivity index (χ3n) is 7.74. The number of rotatable bonds is 10. The highest BCUT2D eigenvalue weighted by molar-refractivity contribution is 6.34. The molecule has 1 saturated carbocycles. The number of carbonyl (C=O) groups is 3. The van der Waals surface area contributed by atoms with Gasteiger partial charge in [-0.15, -0.1) is 10.2 Å². The van der Waals surface area contributed by atoms with E-state index in [2.05, 4.69) is 30.6 Å². The molecule has 0 radical (unpaired) electrons. The van der Waals surface area contributed by atoms with E-state index in [4.69, 9.17) is 22.1 Å². The van der Waals surface area contributed by atoms with Gasteiger partial charge in [0.05, 0.1) is 30.1 Å². The van der Waals surface area contributed by atoms with Gasteiger partial charge in [-0.3, -0.25) is 19.3 Å². The summed E-state index contributed by atoms with van der Waals surface area (Å²) in [5, 5.41) is 24.6. The average Bonchev–Trinajstić information content (AvgIpc) is 2.99. The van der Waals surface area contributed by atoms with Crippen LogP contribution in [0.15, 0.2) is 60.7 Å². The maximum absolute atomic E-state index is 12.7. The van der Waals surface area contributed by atoms with Gasteiger partial charge in [-0.05, 0) is 55.3 Å². The minimum atomic E-state index is -0.384. The standard InChI is InChI=1S/C31H34ClN7O5/c1-44-21-6-7-22(24(32)16-21)28(41)8-9-29(42)34-19-14-20(15-19)35-30(43)18-38-10-12-39(13-11-38)26-17-25(36-37-31(26)33)23-4-2-3-5-27(23)40/h2-9,16-17,19-20,40H,10-15,18H2,1H3,(H2,33,37)(H,34,42)(H,35,43)/b9-8+. The Kier molecular flexibility index (Phi) is 9.61. The van der Waals surface area contributed by atoms with Crippen molar-refractivity contribution in [2.75, 3.05) is 50.5 Å². The number of anilines is 2. The first kappa shape index (κ1) is 30.8. The van der Waals surface area contributed by atoms with E-state index in [-0.39, 0.29) is 52.6 Å². The Hall–Kier alpha value is -4.68. The zero-order chi connectivity index (χ0) is 31.2. The number of ether oxygens (including phenoxy) is 1. The van der Waals surface area contributed by atoms with Crippen LogP contribution in [0.1, 0.15) is 23.2 Å². The number of phenolic OH excluding ortho intramolecular Hbond substituents is 1. The number of ketones is 1. The summed E-state index contributed by atoms with van der Waals surface area (Å²) in [5.41, 5.74) is 8.27. The number of aromatic hydroxyl groups is 1. The van der Waals surface area contributed by atoms with Crippen molar-refractivity contribution in [3.63, 3.8) is 0 Å². The lowest BCUT2D eigenvalue weighted by Gasteiger charge is -2.38. The molecule has 44 heavy (non-hydrogen) atoms. The van der Waals surface area contributed by atoms with E-state index in [9.17, 15) is 19.5 Å². The second kappa shape index (κ2) is 13.7. The maximum Gasteiger partial charge on any atom is 0.244 e. The minimum absolute atomic E-state index is 0.0201. The highest BCUT2D eigenvalue weighted by atomic mass is 35.5. The van der Waals surface area contributed by atoms with Crippen LogP contribution in [-0.2, 0) is 9.59 Å². The summed E-state index contributed by atoms with van der Waals surface area (Å²) in [6.07, 6.45) is 3.61. The Morgan fingerprint density at radius 2 is 1.75 bits per heavy atom. The molecular weight excluding hydrogens is 586 g/mol. The van der Waals surface area contributed by atoms with Gasteiger partial charge >= 0.3 is 0 Å². The van der Waals surface area contributed by atoms with E-state index in [1.54, 1.807) is 30.3 Å². The molecule has 3 aromatic rings. The fourth-order valence-electron chi connectivity index (χ4n) is 5.26. The number of nitrogen functional groups attached to an aromatic ring is 1. The molecule has 5 N–H and O–H groups in total. The van der Waals surface area contributed by atoms with Crippen LogP contribution in [0.4, 0.5) is 11.5 Å². The number of nitrogens with two attached hydrogens (primary N) is 1. The van der Waals surface area contributed by atoms with Gasteiger partial charge in [0.2, 0.25) is 11.8 Å². The van der Waals surface area contributed by atoms with E-state index in [0.717, 1.165) is 5.69 Å². The number of halogens is 1. The molecule has 2 aliphatic rings. The smallest absolute Gasteiger partial charge is 0.244 e. The van der Waals surface area contributed by atoms with Crippen molar-refractivity contribution < 1.29 is 24.2 Å². The number of allylic oxidation sites excluding steroid dienone is 1. The normalized spacial score (nSPS) is 18.5. The summed E-state index contributed by atoms with van der Waals surface area (Å²) in [4.78, 5) is 41.5. The monoisotopic (exact) mass is 619 g/mol. The van der Waals surface area contributed by atoms with Crippen molar-refractivity contribution in [1.82, 2.24) is 25.7 Å². The van der Waals surface area contributed by atoms with Gasteiger partial charge < -0.3 is 31.1 Å². The minimum Gasteiger partial charge on any atom is -0.507 e. The third kappa shape index (κ3) is 7.44. The molecule has 2 aromatic carbocycles. The van der Waals surface area contributed by atoms with Gasteiger partial charge in [-0.2, -0.15) is 0 Å². The molecule has 2 heterocycles. The lowest BCUT2D eigenvalue weighted by atomic mass is 9.86. The summed E-state index contributed by atoms with van der Waals surface area (Å²) >= 11 is 6.13. The molecule has 1 aromatic heterocycles. The number of nitrogens with zero attached hydrogens (tertiary/aromatic N) is 4. The first-order valence-electron chi connectivity index (χ1n) is 14.2. The average molecular weight is 620 g/mol. The topological polar surface area (TPSA) is 163 Å². The van der Waals surface area contributed by atoms with Crippen LogP contribution in [0.5, 0.6) is 11.5 Å². The van der Waals surface area contributed by atoms with Crippen LogP contribution in [-0.4, -0.2) is 89.7 Å². The largest absolute Gasteiger partial charge is 0.507 e. The summed E-state index contributed by atoms with van der Waals surface area (Å²) < 4.78 is 5.08. The Labute approximate surface area is 259 Å². The van der Waals surface area contributed by atoms with Gasteiger partial charge in [0.1, 0.15) is 11.5 Å². The molecule has 2 fully saturated rings.